The number of anilines is 2. The van der Waals surface area contributed by atoms with Gasteiger partial charge in [0.05, 0.1) is 24.5 Å². The zero-order valence-corrected chi connectivity index (χ0v) is 15.8. The number of hydrogen-bond acceptors (Lipinski definition) is 5. The molecule has 28 heavy (non-hydrogen) atoms. The Kier molecular flexibility index (Phi) is 4.88. The van der Waals surface area contributed by atoms with Crippen molar-refractivity contribution in [1.29, 1.82) is 0 Å². The Bertz CT molecular complexity index is 1030. The van der Waals surface area contributed by atoms with E-state index in [0.717, 1.165) is 11.3 Å². The van der Waals surface area contributed by atoms with Crippen molar-refractivity contribution in [2.75, 3.05) is 36.9 Å². The van der Waals surface area contributed by atoms with Crippen molar-refractivity contribution in [3.05, 3.63) is 53.6 Å². The number of carbonyl (C=O) groups excluding carboxylic acids is 2. The van der Waals surface area contributed by atoms with Crippen molar-refractivity contribution in [1.82, 2.24) is 4.31 Å². The number of ether oxygens (including phenoxy) is 1. The number of carbonyl (C=O) groups is 2. The molecular formula is C19H19N3O5S. The molecule has 0 spiro atoms. The molecule has 2 aromatic rings. The minimum atomic E-state index is -3.57. The lowest BCUT2D eigenvalue weighted by Crippen LogP contribution is -2.40. The third kappa shape index (κ3) is 3.64. The molecule has 8 nitrogen and oxygen atoms in total. The Hall–Kier alpha value is -2.75. The Morgan fingerprint density at radius 1 is 1.07 bits per heavy atom. The fourth-order valence-corrected chi connectivity index (χ4v) is 4.63. The van der Waals surface area contributed by atoms with Crippen LogP contribution in [0.2, 0.25) is 0 Å². The monoisotopic (exact) mass is 401 g/mol. The van der Waals surface area contributed by atoms with Gasteiger partial charge in [0.15, 0.2) is 0 Å². The van der Waals surface area contributed by atoms with Gasteiger partial charge in [-0.2, -0.15) is 4.31 Å². The quantitative estimate of drug-likeness (QED) is 0.807. The number of sulfonamides is 1. The zero-order chi connectivity index (χ0) is 19.7. The summed E-state index contributed by atoms with van der Waals surface area (Å²) in [5.41, 5.74) is 2.42. The van der Waals surface area contributed by atoms with Crippen LogP contribution in [0.4, 0.5) is 11.4 Å². The van der Waals surface area contributed by atoms with E-state index < -0.39 is 10.0 Å². The van der Waals surface area contributed by atoms with Gasteiger partial charge in [-0.3, -0.25) is 9.59 Å². The van der Waals surface area contributed by atoms with Crippen LogP contribution in [-0.2, 0) is 26.0 Å². The Morgan fingerprint density at radius 3 is 2.50 bits per heavy atom. The number of rotatable bonds is 4. The summed E-state index contributed by atoms with van der Waals surface area (Å²) in [5.74, 6) is -0.421. The first kappa shape index (κ1) is 18.6. The predicted molar refractivity (Wildman–Crippen MR) is 103 cm³/mol. The van der Waals surface area contributed by atoms with Crippen LogP contribution in [0, 0.1) is 0 Å². The third-order valence-electron chi connectivity index (χ3n) is 4.71. The fraction of sp³-hybridized carbons (Fsp3) is 0.263. The molecule has 1 saturated heterocycles. The number of nitrogens with one attached hydrogen (secondary N) is 2. The minimum Gasteiger partial charge on any atom is -0.379 e. The zero-order valence-electron chi connectivity index (χ0n) is 15.0. The molecule has 2 N–H and O–H groups in total. The van der Waals surface area contributed by atoms with Crippen LogP contribution in [0.1, 0.15) is 15.9 Å². The van der Waals surface area contributed by atoms with Gasteiger partial charge in [-0.1, -0.05) is 0 Å². The summed E-state index contributed by atoms with van der Waals surface area (Å²) < 4.78 is 31.8. The first-order valence-corrected chi connectivity index (χ1v) is 10.3. The van der Waals surface area contributed by atoms with Crippen LogP contribution in [0.3, 0.4) is 0 Å². The number of benzene rings is 2. The molecule has 146 valence electrons. The van der Waals surface area contributed by atoms with Crippen molar-refractivity contribution >= 4 is 33.2 Å². The Balaban J connectivity index is 1.47. The van der Waals surface area contributed by atoms with Gasteiger partial charge in [0, 0.05) is 30.0 Å². The van der Waals surface area contributed by atoms with Crippen LogP contribution in [-0.4, -0.2) is 50.8 Å². The van der Waals surface area contributed by atoms with Gasteiger partial charge >= 0.3 is 0 Å². The highest BCUT2D eigenvalue weighted by Gasteiger charge is 2.26. The summed E-state index contributed by atoms with van der Waals surface area (Å²) in [4.78, 5) is 24.1. The van der Waals surface area contributed by atoms with Crippen molar-refractivity contribution < 1.29 is 22.7 Å². The molecule has 0 atom stereocenters. The highest BCUT2D eigenvalue weighted by molar-refractivity contribution is 7.89. The summed E-state index contributed by atoms with van der Waals surface area (Å²) in [6, 6.07) is 11.1. The normalized spacial score (nSPS) is 17.1. The van der Waals surface area contributed by atoms with Crippen molar-refractivity contribution in [3.63, 3.8) is 0 Å². The molecule has 0 aliphatic carbocycles. The SMILES string of the molecule is O=C1Cc2cc(C(=O)Nc3ccc(S(=O)(=O)N4CCOCC4)cc3)ccc2N1. The Labute approximate surface area is 162 Å². The average molecular weight is 401 g/mol. The molecule has 0 bridgehead atoms. The van der Waals surface area contributed by atoms with E-state index in [0.29, 0.717) is 37.6 Å². The van der Waals surface area contributed by atoms with Crippen LogP contribution in [0.15, 0.2) is 47.4 Å². The smallest absolute Gasteiger partial charge is 0.255 e. The molecule has 9 heteroatoms. The lowest BCUT2D eigenvalue weighted by atomic mass is 10.1. The number of fused-ring (bicyclic) bond motifs is 1. The van der Waals surface area contributed by atoms with Crippen molar-refractivity contribution in [2.45, 2.75) is 11.3 Å². The summed E-state index contributed by atoms with van der Waals surface area (Å²) in [6.45, 7) is 1.43. The highest BCUT2D eigenvalue weighted by Crippen LogP contribution is 2.25. The second-order valence-corrected chi connectivity index (χ2v) is 8.53. The lowest BCUT2D eigenvalue weighted by molar-refractivity contribution is -0.115. The van der Waals surface area contributed by atoms with Gasteiger partial charge < -0.3 is 15.4 Å². The van der Waals surface area contributed by atoms with Gasteiger partial charge in [0.25, 0.3) is 5.91 Å². The van der Waals surface area contributed by atoms with E-state index in [1.54, 1.807) is 30.3 Å². The molecule has 2 aliphatic rings. The van der Waals surface area contributed by atoms with E-state index in [-0.39, 0.29) is 23.1 Å². The van der Waals surface area contributed by atoms with E-state index in [1.165, 1.54) is 16.4 Å². The van der Waals surface area contributed by atoms with E-state index in [2.05, 4.69) is 10.6 Å². The summed E-state index contributed by atoms with van der Waals surface area (Å²) >= 11 is 0. The topological polar surface area (TPSA) is 105 Å². The molecule has 0 aromatic heterocycles. The molecule has 0 radical (unpaired) electrons. The van der Waals surface area contributed by atoms with E-state index in [4.69, 9.17) is 4.74 Å². The van der Waals surface area contributed by atoms with Gasteiger partial charge in [0.1, 0.15) is 0 Å². The van der Waals surface area contributed by atoms with Crippen LogP contribution in [0.5, 0.6) is 0 Å². The number of morpholine rings is 1. The maximum Gasteiger partial charge on any atom is 0.255 e. The van der Waals surface area contributed by atoms with E-state index in [9.17, 15) is 18.0 Å². The highest BCUT2D eigenvalue weighted by atomic mass is 32.2. The maximum atomic E-state index is 12.6. The second kappa shape index (κ2) is 7.34. The Morgan fingerprint density at radius 2 is 1.79 bits per heavy atom. The number of amides is 2. The summed E-state index contributed by atoms with van der Waals surface area (Å²) in [5, 5.41) is 5.47. The second-order valence-electron chi connectivity index (χ2n) is 6.59. The van der Waals surface area contributed by atoms with Crippen molar-refractivity contribution in [3.8, 4) is 0 Å². The van der Waals surface area contributed by atoms with E-state index in [1.807, 2.05) is 0 Å². The largest absolute Gasteiger partial charge is 0.379 e. The molecular weight excluding hydrogens is 382 g/mol. The maximum absolute atomic E-state index is 12.6. The van der Waals surface area contributed by atoms with Gasteiger partial charge in [-0.15, -0.1) is 0 Å². The molecule has 4 rings (SSSR count). The standard InChI is InChI=1S/C19H19N3O5S/c23-18-12-14-11-13(1-6-17(14)21-18)19(24)20-15-2-4-16(5-3-15)28(25,26)22-7-9-27-10-8-22/h1-6,11H,7-10,12H2,(H,20,24)(H,21,23). The molecule has 2 amide bonds. The van der Waals surface area contributed by atoms with Gasteiger partial charge in [0.2, 0.25) is 15.9 Å². The first-order valence-electron chi connectivity index (χ1n) is 8.85. The number of hydrogen-bond donors (Lipinski definition) is 2. The van der Waals surface area contributed by atoms with Gasteiger partial charge in [-0.05, 0) is 48.0 Å². The molecule has 2 aromatic carbocycles. The summed E-state index contributed by atoms with van der Waals surface area (Å²) in [6.07, 6.45) is 0.255. The lowest BCUT2D eigenvalue weighted by Gasteiger charge is -2.26. The molecule has 2 heterocycles. The summed E-state index contributed by atoms with van der Waals surface area (Å²) in [7, 11) is -3.57. The van der Waals surface area contributed by atoms with Gasteiger partial charge in [-0.25, -0.2) is 8.42 Å². The average Bonchev–Trinajstić information content (AvgIpc) is 3.08. The third-order valence-corrected chi connectivity index (χ3v) is 6.63. The predicted octanol–water partition coefficient (Wildman–Crippen LogP) is 1.45. The first-order chi connectivity index (χ1) is 13.4. The van der Waals surface area contributed by atoms with Crippen LogP contribution < -0.4 is 10.6 Å². The molecule has 2 aliphatic heterocycles. The van der Waals surface area contributed by atoms with E-state index >= 15 is 0 Å². The van der Waals surface area contributed by atoms with Crippen molar-refractivity contribution in [2.24, 2.45) is 0 Å². The molecule has 0 unspecified atom stereocenters. The minimum absolute atomic E-state index is 0.0929. The number of nitrogens with zero attached hydrogens (tertiary/aromatic N) is 1. The van der Waals surface area contributed by atoms with Crippen LogP contribution >= 0.6 is 0 Å². The molecule has 1 fully saturated rings. The fourth-order valence-electron chi connectivity index (χ4n) is 3.22. The van der Waals surface area contributed by atoms with Crippen LogP contribution in [0.25, 0.3) is 0 Å². The molecule has 0 saturated carbocycles.